The van der Waals surface area contributed by atoms with Crippen LogP contribution in [-0.4, -0.2) is 34.3 Å². The molecule has 0 aromatic carbocycles. The Balaban J connectivity index is 2.75. The van der Waals surface area contributed by atoms with Crippen molar-refractivity contribution in [2.75, 3.05) is 0 Å². The number of hydrogen-bond donors (Lipinski definition) is 0. The van der Waals surface area contributed by atoms with Crippen molar-refractivity contribution in [1.29, 1.82) is 0 Å². The molecule has 1 aliphatic heterocycles. The van der Waals surface area contributed by atoms with Gasteiger partial charge in [-0.2, -0.15) is 0 Å². The molecular formula is C11H17NO4. The molecule has 1 aliphatic rings. The molecule has 0 saturated carbocycles. The van der Waals surface area contributed by atoms with Gasteiger partial charge in [-0.25, -0.2) is 9.69 Å². The van der Waals surface area contributed by atoms with Crippen LogP contribution in [0.25, 0.3) is 0 Å². The molecule has 1 saturated heterocycles. The van der Waals surface area contributed by atoms with Gasteiger partial charge in [-0.15, -0.1) is 0 Å². The quantitative estimate of drug-likeness (QED) is 0.588. The minimum atomic E-state index is -0.669. The summed E-state index contributed by atoms with van der Waals surface area (Å²) in [6.07, 6.45) is -0.660. The molecule has 16 heavy (non-hydrogen) atoms. The fourth-order valence-corrected chi connectivity index (χ4v) is 1.59. The Morgan fingerprint density at radius 3 is 2.38 bits per heavy atom. The van der Waals surface area contributed by atoms with Crippen LogP contribution in [-0.2, 0) is 14.3 Å². The molecule has 2 amide bonds. The van der Waals surface area contributed by atoms with E-state index in [0.29, 0.717) is 0 Å². The molecule has 0 aliphatic carbocycles. The summed E-state index contributed by atoms with van der Waals surface area (Å²) in [5, 5.41) is 0. The standard InChI is InChI=1S/C11H17NO4/c1-7-5-8(13)6-9(14)12(7)10(15)16-11(2,3)4/h7H,5-6H2,1-4H3/t7-/m0/s1. The van der Waals surface area contributed by atoms with Crippen LogP contribution in [0.15, 0.2) is 0 Å². The van der Waals surface area contributed by atoms with E-state index in [1.807, 2.05) is 0 Å². The smallest absolute Gasteiger partial charge is 0.417 e. The van der Waals surface area contributed by atoms with E-state index in [-0.39, 0.29) is 18.6 Å². The number of piperidine rings is 1. The van der Waals surface area contributed by atoms with Crippen molar-refractivity contribution in [3.63, 3.8) is 0 Å². The molecule has 0 radical (unpaired) electrons. The van der Waals surface area contributed by atoms with Gasteiger partial charge in [0.15, 0.2) is 0 Å². The molecule has 5 heteroatoms. The van der Waals surface area contributed by atoms with E-state index in [2.05, 4.69) is 0 Å². The van der Waals surface area contributed by atoms with Gasteiger partial charge in [0.05, 0.1) is 6.42 Å². The van der Waals surface area contributed by atoms with Gasteiger partial charge >= 0.3 is 6.09 Å². The predicted molar refractivity (Wildman–Crippen MR) is 56.8 cm³/mol. The molecular weight excluding hydrogens is 210 g/mol. The first kappa shape index (κ1) is 12.7. The maximum atomic E-state index is 11.7. The number of rotatable bonds is 0. The number of amides is 2. The van der Waals surface area contributed by atoms with Crippen molar-refractivity contribution in [3.8, 4) is 0 Å². The summed E-state index contributed by atoms with van der Waals surface area (Å²) in [6.45, 7) is 6.86. The van der Waals surface area contributed by atoms with Crippen molar-refractivity contribution in [1.82, 2.24) is 4.90 Å². The Bertz CT molecular complexity index is 329. The highest BCUT2D eigenvalue weighted by molar-refractivity contribution is 6.06. The second kappa shape index (κ2) is 4.23. The molecule has 0 unspecified atom stereocenters. The minimum Gasteiger partial charge on any atom is -0.443 e. The van der Waals surface area contributed by atoms with E-state index >= 15 is 0 Å². The van der Waals surface area contributed by atoms with E-state index < -0.39 is 23.6 Å². The van der Waals surface area contributed by atoms with Crippen molar-refractivity contribution < 1.29 is 19.1 Å². The molecule has 1 fully saturated rings. The fourth-order valence-electron chi connectivity index (χ4n) is 1.59. The largest absolute Gasteiger partial charge is 0.443 e. The highest BCUT2D eigenvalue weighted by Gasteiger charge is 2.36. The van der Waals surface area contributed by atoms with Gasteiger partial charge in [-0.05, 0) is 27.7 Å². The second-order valence-corrected chi connectivity index (χ2v) is 5.01. The number of Topliss-reactive ketones (excluding diaryl/α,β-unsaturated/α-hetero) is 1. The minimum absolute atomic E-state index is 0.127. The van der Waals surface area contributed by atoms with E-state index in [4.69, 9.17) is 4.74 Å². The van der Waals surface area contributed by atoms with Gasteiger partial charge in [0.1, 0.15) is 11.4 Å². The molecule has 5 nitrogen and oxygen atoms in total. The lowest BCUT2D eigenvalue weighted by Crippen LogP contribution is -2.50. The van der Waals surface area contributed by atoms with Gasteiger partial charge < -0.3 is 4.74 Å². The monoisotopic (exact) mass is 227 g/mol. The third-order valence-corrected chi connectivity index (χ3v) is 2.17. The highest BCUT2D eigenvalue weighted by atomic mass is 16.6. The van der Waals surface area contributed by atoms with Gasteiger partial charge in [0, 0.05) is 12.5 Å². The molecule has 1 atom stereocenters. The van der Waals surface area contributed by atoms with Gasteiger partial charge in [-0.1, -0.05) is 0 Å². The third kappa shape index (κ3) is 3.05. The summed E-state index contributed by atoms with van der Waals surface area (Å²) >= 11 is 0. The van der Waals surface area contributed by atoms with Crippen LogP contribution < -0.4 is 0 Å². The van der Waals surface area contributed by atoms with E-state index in [9.17, 15) is 14.4 Å². The first-order chi connectivity index (χ1) is 7.20. The Morgan fingerprint density at radius 1 is 1.38 bits per heavy atom. The molecule has 0 bridgehead atoms. The van der Waals surface area contributed by atoms with Crippen molar-refractivity contribution >= 4 is 17.8 Å². The van der Waals surface area contributed by atoms with Crippen molar-refractivity contribution in [2.24, 2.45) is 0 Å². The average Bonchev–Trinajstić information content (AvgIpc) is 1.96. The number of hydrogen-bond acceptors (Lipinski definition) is 4. The summed E-state index contributed by atoms with van der Waals surface area (Å²) in [7, 11) is 0. The normalized spacial score (nSPS) is 22.2. The summed E-state index contributed by atoms with van der Waals surface area (Å²) in [4.78, 5) is 35.4. The third-order valence-electron chi connectivity index (χ3n) is 2.17. The zero-order valence-corrected chi connectivity index (χ0v) is 10.1. The Hall–Kier alpha value is -1.39. The summed E-state index contributed by atoms with van der Waals surface area (Å²) < 4.78 is 5.11. The fraction of sp³-hybridized carbons (Fsp3) is 0.727. The number of likely N-dealkylation sites (tertiary alicyclic amines) is 1. The predicted octanol–water partition coefficient (Wildman–Crippen LogP) is 1.50. The SMILES string of the molecule is C[C@H]1CC(=O)CC(=O)N1C(=O)OC(C)(C)C. The lowest BCUT2D eigenvalue weighted by Gasteiger charge is -2.32. The summed E-state index contributed by atoms with van der Waals surface area (Å²) in [6, 6.07) is -0.413. The molecule has 1 heterocycles. The molecule has 1 rings (SSSR count). The van der Waals surface area contributed by atoms with Crippen LogP contribution in [0.5, 0.6) is 0 Å². The van der Waals surface area contributed by atoms with Crippen molar-refractivity contribution in [3.05, 3.63) is 0 Å². The van der Waals surface area contributed by atoms with Crippen LogP contribution in [0, 0.1) is 0 Å². The van der Waals surface area contributed by atoms with Crippen LogP contribution >= 0.6 is 0 Å². The summed E-state index contributed by atoms with van der Waals surface area (Å²) in [5.74, 6) is -0.602. The zero-order valence-electron chi connectivity index (χ0n) is 10.1. The van der Waals surface area contributed by atoms with Crippen LogP contribution in [0.2, 0.25) is 0 Å². The number of carbonyl (C=O) groups excluding carboxylic acids is 3. The first-order valence-electron chi connectivity index (χ1n) is 5.27. The Kier molecular flexibility index (Phi) is 3.35. The number of imide groups is 1. The summed E-state index contributed by atoms with van der Waals surface area (Å²) in [5.41, 5.74) is -0.640. The topological polar surface area (TPSA) is 63.7 Å². The number of carbonyl (C=O) groups is 3. The van der Waals surface area contributed by atoms with Gasteiger partial charge in [0.25, 0.3) is 0 Å². The van der Waals surface area contributed by atoms with Crippen LogP contribution in [0.1, 0.15) is 40.5 Å². The maximum absolute atomic E-state index is 11.7. The highest BCUT2D eigenvalue weighted by Crippen LogP contribution is 2.19. The Morgan fingerprint density at radius 2 is 1.94 bits per heavy atom. The Labute approximate surface area is 94.7 Å². The van der Waals surface area contributed by atoms with Gasteiger partial charge in [0.2, 0.25) is 5.91 Å². The van der Waals surface area contributed by atoms with Crippen molar-refractivity contribution in [2.45, 2.75) is 52.2 Å². The lowest BCUT2D eigenvalue weighted by molar-refractivity contribution is -0.140. The van der Waals surface area contributed by atoms with Gasteiger partial charge in [-0.3, -0.25) is 9.59 Å². The molecule has 0 spiro atoms. The van der Waals surface area contributed by atoms with Crippen LogP contribution in [0.3, 0.4) is 0 Å². The molecule has 0 aromatic heterocycles. The first-order valence-corrected chi connectivity index (χ1v) is 5.27. The van der Waals surface area contributed by atoms with E-state index in [1.54, 1.807) is 27.7 Å². The zero-order chi connectivity index (χ0) is 12.5. The molecule has 0 aromatic rings. The maximum Gasteiger partial charge on any atom is 0.417 e. The molecule has 90 valence electrons. The number of ether oxygens (including phenoxy) is 1. The second-order valence-electron chi connectivity index (χ2n) is 5.01. The average molecular weight is 227 g/mol. The number of nitrogens with zero attached hydrogens (tertiary/aromatic N) is 1. The molecule has 0 N–H and O–H groups in total. The van der Waals surface area contributed by atoms with E-state index in [1.165, 1.54) is 0 Å². The van der Waals surface area contributed by atoms with E-state index in [0.717, 1.165) is 4.90 Å². The number of ketones is 1. The lowest BCUT2D eigenvalue weighted by atomic mass is 10.0. The van der Waals surface area contributed by atoms with Crippen LogP contribution in [0.4, 0.5) is 4.79 Å².